The molecule has 6 aromatic rings. The van der Waals surface area contributed by atoms with E-state index in [4.69, 9.17) is 9.40 Å². The molecule has 4 heterocycles. The zero-order valence-corrected chi connectivity index (χ0v) is 26.0. The van der Waals surface area contributed by atoms with E-state index in [1.807, 2.05) is 42.7 Å². The summed E-state index contributed by atoms with van der Waals surface area (Å²) in [7, 11) is 3.23. The Hall–Kier alpha value is -4.87. The third-order valence-corrected chi connectivity index (χ3v) is 9.27. The van der Waals surface area contributed by atoms with E-state index in [-0.39, 0.29) is 23.0 Å². The summed E-state index contributed by atoms with van der Waals surface area (Å²) in [5, 5.41) is 7.22. The minimum Gasteiger partial charge on any atom is -0.593 e. The number of halogens is 2. The van der Waals surface area contributed by atoms with E-state index in [1.54, 1.807) is 47.9 Å². The zero-order chi connectivity index (χ0) is 31.8. The van der Waals surface area contributed by atoms with Crippen LogP contribution in [0.4, 0.5) is 20.2 Å². The van der Waals surface area contributed by atoms with Gasteiger partial charge in [0.05, 0.1) is 52.3 Å². The number of fused-ring (bicyclic) bond motifs is 6. The third-order valence-electron chi connectivity index (χ3n) is 8.30. The molecule has 0 aliphatic carbocycles. The van der Waals surface area contributed by atoms with Crippen LogP contribution in [0.25, 0.3) is 55.8 Å². The molecule has 8 nitrogen and oxygen atoms in total. The number of carbonyl (C=O) groups excluding carboxylic acids is 1. The third kappa shape index (κ3) is 4.53. The van der Waals surface area contributed by atoms with Crippen LogP contribution in [0, 0.1) is 11.6 Å². The molecular formula is C34H29F2N5O3S. The maximum absolute atomic E-state index is 14.9. The van der Waals surface area contributed by atoms with Gasteiger partial charge in [-0.15, -0.1) is 0 Å². The highest BCUT2D eigenvalue weighted by Crippen LogP contribution is 2.45. The van der Waals surface area contributed by atoms with Crippen molar-refractivity contribution in [1.82, 2.24) is 14.9 Å². The molecular weight excluding hydrogens is 596 g/mol. The summed E-state index contributed by atoms with van der Waals surface area (Å²) in [5.74, 6) is -0.827. The molecule has 0 saturated heterocycles. The Kier molecular flexibility index (Phi) is 6.64. The van der Waals surface area contributed by atoms with E-state index >= 15 is 0 Å². The van der Waals surface area contributed by atoms with Crippen molar-refractivity contribution in [2.75, 3.05) is 30.0 Å². The lowest BCUT2D eigenvalue weighted by molar-refractivity contribution is 0.0964. The minimum absolute atomic E-state index is 0.282. The van der Waals surface area contributed by atoms with E-state index < -0.39 is 22.8 Å². The SMILES string of the molecule is CNC(=O)c1c(-c2ccc(F)cc2)oc2cc(N(C)[S+](C)[O-])c(-c3ccc4c(n3)-c3cc5c(F)cccc5n3C(C)(C)N4)cc12. The lowest BCUT2D eigenvalue weighted by Gasteiger charge is -2.37. The molecule has 0 fully saturated rings. The lowest BCUT2D eigenvalue weighted by Crippen LogP contribution is -2.38. The Morgan fingerprint density at radius 1 is 1.07 bits per heavy atom. The van der Waals surface area contributed by atoms with E-state index in [9.17, 15) is 18.1 Å². The van der Waals surface area contributed by atoms with Crippen molar-refractivity contribution in [2.45, 2.75) is 19.5 Å². The number of rotatable bonds is 5. The molecule has 0 bridgehead atoms. The number of hydrogen-bond donors (Lipinski definition) is 2. The van der Waals surface area contributed by atoms with Gasteiger partial charge in [0, 0.05) is 35.0 Å². The van der Waals surface area contributed by atoms with Gasteiger partial charge in [0.2, 0.25) is 0 Å². The first-order valence-corrected chi connectivity index (χ1v) is 15.8. The molecule has 3 aromatic carbocycles. The summed E-state index contributed by atoms with van der Waals surface area (Å²) in [6, 6.07) is 19.9. The van der Waals surface area contributed by atoms with Gasteiger partial charge in [-0.3, -0.25) is 4.79 Å². The normalized spacial score (nSPS) is 14.1. The Bertz CT molecular complexity index is 2150. The number of carbonyl (C=O) groups is 1. The smallest absolute Gasteiger partial charge is 0.255 e. The van der Waals surface area contributed by atoms with E-state index in [1.165, 1.54) is 25.2 Å². The number of nitrogens with zero attached hydrogens (tertiary/aromatic N) is 3. The highest BCUT2D eigenvalue weighted by atomic mass is 32.2. The standard InChI is InChI=1S/C34H29F2N5O3S/c1-34(2)39-25-14-13-24(38-31(25)28-16-20-23(36)7-6-8-26(20)41(28)34)21-15-22-29(17-27(21)40(4)45(5)43)44-32(30(22)33(42)37-3)18-9-11-19(35)12-10-18/h6-17,39H,1-5H3,(H,37,42). The molecule has 7 rings (SSSR count). The van der Waals surface area contributed by atoms with Gasteiger partial charge in [0.25, 0.3) is 5.91 Å². The zero-order valence-electron chi connectivity index (χ0n) is 25.2. The molecule has 45 heavy (non-hydrogen) atoms. The average molecular weight is 626 g/mol. The molecule has 0 spiro atoms. The summed E-state index contributed by atoms with van der Waals surface area (Å²) < 4.78 is 51.3. The number of benzene rings is 3. The van der Waals surface area contributed by atoms with Gasteiger partial charge in [-0.1, -0.05) is 6.07 Å². The Morgan fingerprint density at radius 2 is 1.82 bits per heavy atom. The van der Waals surface area contributed by atoms with Crippen LogP contribution < -0.4 is 14.9 Å². The largest absolute Gasteiger partial charge is 0.593 e. The van der Waals surface area contributed by atoms with Gasteiger partial charge >= 0.3 is 0 Å². The first-order chi connectivity index (χ1) is 21.5. The number of nitrogens with one attached hydrogen (secondary N) is 2. The molecule has 1 atom stereocenters. The van der Waals surface area contributed by atoms with Crippen LogP contribution in [0.3, 0.4) is 0 Å². The van der Waals surface area contributed by atoms with Gasteiger partial charge in [-0.25, -0.2) is 13.8 Å². The molecule has 1 unspecified atom stereocenters. The second-order valence-electron chi connectivity index (χ2n) is 11.5. The topological polar surface area (TPSA) is 98.4 Å². The minimum atomic E-state index is -1.41. The maximum Gasteiger partial charge on any atom is 0.255 e. The highest BCUT2D eigenvalue weighted by molar-refractivity contribution is 7.92. The van der Waals surface area contributed by atoms with Crippen LogP contribution in [-0.2, 0) is 17.0 Å². The van der Waals surface area contributed by atoms with E-state index in [2.05, 4.69) is 10.6 Å². The molecule has 1 aliphatic rings. The van der Waals surface area contributed by atoms with Crippen molar-refractivity contribution in [3.63, 3.8) is 0 Å². The van der Waals surface area contributed by atoms with Crippen molar-refractivity contribution in [2.24, 2.45) is 0 Å². The van der Waals surface area contributed by atoms with E-state index in [0.29, 0.717) is 44.6 Å². The van der Waals surface area contributed by atoms with Crippen LogP contribution in [0.1, 0.15) is 24.2 Å². The molecule has 11 heteroatoms. The first kappa shape index (κ1) is 28.9. The lowest BCUT2D eigenvalue weighted by atomic mass is 10.00. The number of anilines is 2. The summed E-state index contributed by atoms with van der Waals surface area (Å²) >= 11 is -1.41. The number of aromatic nitrogens is 2. The molecule has 228 valence electrons. The molecule has 1 amide bonds. The maximum atomic E-state index is 14.9. The van der Waals surface area contributed by atoms with Crippen LogP contribution in [0.5, 0.6) is 0 Å². The molecule has 3 aromatic heterocycles. The van der Waals surface area contributed by atoms with Crippen LogP contribution in [0.15, 0.2) is 77.2 Å². The molecule has 2 N–H and O–H groups in total. The van der Waals surface area contributed by atoms with Crippen molar-refractivity contribution < 1.29 is 22.5 Å². The monoisotopic (exact) mass is 625 g/mol. The van der Waals surface area contributed by atoms with Gasteiger partial charge in [0.1, 0.15) is 40.6 Å². The van der Waals surface area contributed by atoms with Crippen molar-refractivity contribution >= 4 is 50.5 Å². The Balaban J connectivity index is 1.49. The van der Waals surface area contributed by atoms with E-state index in [0.717, 1.165) is 16.9 Å². The molecule has 0 radical (unpaired) electrons. The number of furan rings is 1. The quantitative estimate of drug-likeness (QED) is 0.196. The van der Waals surface area contributed by atoms with Gasteiger partial charge in [-0.2, -0.15) is 4.31 Å². The van der Waals surface area contributed by atoms with Crippen molar-refractivity contribution in [3.05, 3.63) is 90.0 Å². The Morgan fingerprint density at radius 3 is 2.53 bits per heavy atom. The highest BCUT2D eigenvalue weighted by Gasteiger charge is 2.34. The fraction of sp³-hybridized carbons (Fsp3) is 0.176. The Labute approximate surface area is 261 Å². The van der Waals surface area contributed by atoms with Crippen molar-refractivity contribution in [1.29, 1.82) is 0 Å². The summed E-state index contributed by atoms with van der Waals surface area (Å²) in [4.78, 5) is 18.4. The summed E-state index contributed by atoms with van der Waals surface area (Å²) in [5.41, 5.74) is 5.25. The number of amides is 1. The van der Waals surface area contributed by atoms with Crippen molar-refractivity contribution in [3.8, 4) is 34.0 Å². The second kappa shape index (κ2) is 10.4. The predicted octanol–water partition coefficient (Wildman–Crippen LogP) is 7.27. The first-order valence-electron chi connectivity index (χ1n) is 14.2. The fourth-order valence-electron chi connectivity index (χ4n) is 6.15. The average Bonchev–Trinajstić information content (AvgIpc) is 3.60. The molecule has 0 saturated carbocycles. The summed E-state index contributed by atoms with van der Waals surface area (Å²) in [6.07, 6.45) is 1.56. The number of hydrogen-bond acceptors (Lipinski definition) is 6. The predicted molar refractivity (Wildman–Crippen MR) is 175 cm³/mol. The van der Waals surface area contributed by atoms with Gasteiger partial charge in [0.15, 0.2) is 0 Å². The number of pyridine rings is 1. The van der Waals surface area contributed by atoms with Gasteiger partial charge in [-0.05, 0) is 74.5 Å². The molecule has 1 aliphatic heterocycles. The van der Waals surface area contributed by atoms with Crippen LogP contribution >= 0.6 is 0 Å². The van der Waals surface area contributed by atoms with Gasteiger partial charge < -0.3 is 24.2 Å². The summed E-state index contributed by atoms with van der Waals surface area (Å²) in [6.45, 7) is 4.04. The fourth-order valence-corrected chi connectivity index (χ4v) is 6.58. The van der Waals surface area contributed by atoms with Crippen LogP contribution in [-0.4, -0.2) is 40.4 Å². The van der Waals surface area contributed by atoms with Crippen LogP contribution in [0.2, 0.25) is 0 Å². The second-order valence-corrected chi connectivity index (χ2v) is 12.9.